The molecule has 1 fully saturated rings. The first-order chi connectivity index (χ1) is 11.9. The summed E-state index contributed by atoms with van der Waals surface area (Å²) in [6.45, 7) is 1.47. The summed E-state index contributed by atoms with van der Waals surface area (Å²) >= 11 is 0. The molecule has 1 unspecified atom stereocenters. The largest absolute Gasteiger partial charge is 0.456 e. The van der Waals surface area contributed by atoms with E-state index in [0.29, 0.717) is 18.0 Å². The Kier molecular flexibility index (Phi) is 4.89. The van der Waals surface area contributed by atoms with Crippen molar-refractivity contribution < 1.29 is 22.7 Å². The molecule has 0 saturated carbocycles. The van der Waals surface area contributed by atoms with E-state index in [9.17, 15) is 18.0 Å². The Balaban J connectivity index is 1.66. The molecule has 8 heteroatoms. The van der Waals surface area contributed by atoms with Gasteiger partial charge in [-0.15, -0.1) is 0 Å². The Hall–Kier alpha value is -2.61. The number of benzene rings is 1. The lowest BCUT2D eigenvalue weighted by molar-refractivity contribution is -0.141. The van der Waals surface area contributed by atoms with E-state index >= 15 is 0 Å². The van der Waals surface area contributed by atoms with Crippen LogP contribution < -0.4 is 15.4 Å². The van der Waals surface area contributed by atoms with E-state index in [1.54, 1.807) is 24.3 Å². The lowest BCUT2D eigenvalue weighted by Crippen LogP contribution is -2.24. The third-order valence-electron chi connectivity index (χ3n) is 3.80. The highest BCUT2D eigenvalue weighted by Gasteiger charge is 2.32. The van der Waals surface area contributed by atoms with Crippen LogP contribution in [0.1, 0.15) is 12.1 Å². The molecule has 1 saturated heterocycles. The zero-order valence-corrected chi connectivity index (χ0v) is 13.1. The monoisotopic (exact) mass is 351 g/mol. The van der Waals surface area contributed by atoms with Gasteiger partial charge in [0.05, 0.1) is 12.1 Å². The van der Waals surface area contributed by atoms with Gasteiger partial charge in [-0.05, 0) is 37.2 Å². The molecule has 1 aliphatic rings. The van der Waals surface area contributed by atoms with Gasteiger partial charge in [-0.25, -0.2) is 4.98 Å². The zero-order chi connectivity index (χ0) is 17.9. The number of carbonyl (C=O) groups excluding carboxylic acids is 1. The number of nitrogens with zero attached hydrogens (tertiary/aromatic N) is 1. The van der Waals surface area contributed by atoms with E-state index in [0.717, 1.165) is 25.2 Å². The maximum atomic E-state index is 12.5. The SMILES string of the molecule is O=C(Nc1cccc(Oc2ccc(C(F)(F)F)nc2)c1)C1CCNC1. The van der Waals surface area contributed by atoms with E-state index in [-0.39, 0.29) is 17.6 Å². The number of hydrogen-bond acceptors (Lipinski definition) is 4. The molecule has 2 heterocycles. The van der Waals surface area contributed by atoms with Crippen LogP contribution in [0, 0.1) is 5.92 Å². The molecule has 1 aliphatic heterocycles. The fourth-order valence-corrected chi connectivity index (χ4v) is 2.50. The predicted octanol–water partition coefficient (Wildman–Crippen LogP) is 3.44. The molecule has 132 valence electrons. The van der Waals surface area contributed by atoms with E-state index < -0.39 is 11.9 Å². The Morgan fingerprint density at radius 3 is 2.72 bits per heavy atom. The average Bonchev–Trinajstić information content (AvgIpc) is 3.09. The van der Waals surface area contributed by atoms with Gasteiger partial charge >= 0.3 is 6.18 Å². The molecule has 0 bridgehead atoms. The van der Waals surface area contributed by atoms with Crippen molar-refractivity contribution in [2.24, 2.45) is 5.92 Å². The highest BCUT2D eigenvalue weighted by atomic mass is 19.4. The van der Waals surface area contributed by atoms with Crippen molar-refractivity contribution in [2.45, 2.75) is 12.6 Å². The molecular weight excluding hydrogens is 335 g/mol. The van der Waals surface area contributed by atoms with Gasteiger partial charge in [0.15, 0.2) is 0 Å². The lowest BCUT2D eigenvalue weighted by Gasteiger charge is -2.12. The van der Waals surface area contributed by atoms with Crippen LogP contribution in [0.15, 0.2) is 42.6 Å². The minimum atomic E-state index is -4.49. The van der Waals surface area contributed by atoms with Gasteiger partial charge in [0.2, 0.25) is 5.91 Å². The third-order valence-corrected chi connectivity index (χ3v) is 3.80. The molecule has 1 aromatic carbocycles. The minimum absolute atomic E-state index is 0.0660. The van der Waals surface area contributed by atoms with Gasteiger partial charge in [0.1, 0.15) is 17.2 Å². The number of pyridine rings is 1. The van der Waals surface area contributed by atoms with Crippen LogP contribution in [0.25, 0.3) is 0 Å². The molecule has 0 aliphatic carbocycles. The summed E-state index contributed by atoms with van der Waals surface area (Å²) in [6, 6.07) is 8.72. The first-order valence-electron chi connectivity index (χ1n) is 7.74. The molecule has 2 N–H and O–H groups in total. The number of anilines is 1. The molecule has 0 spiro atoms. The van der Waals surface area contributed by atoms with Crippen LogP contribution in [0.2, 0.25) is 0 Å². The molecule has 2 aromatic rings. The number of amides is 1. The Morgan fingerprint density at radius 2 is 2.08 bits per heavy atom. The molecule has 1 atom stereocenters. The maximum absolute atomic E-state index is 12.5. The molecule has 25 heavy (non-hydrogen) atoms. The van der Waals surface area contributed by atoms with Gasteiger partial charge in [-0.1, -0.05) is 6.07 Å². The van der Waals surface area contributed by atoms with Crippen molar-refractivity contribution in [3.8, 4) is 11.5 Å². The van der Waals surface area contributed by atoms with Crippen LogP contribution in [-0.4, -0.2) is 24.0 Å². The van der Waals surface area contributed by atoms with Gasteiger partial charge in [0, 0.05) is 18.3 Å². The van der Waals surface area contributed by atoms with Crippen molar-refractivity contribution in [3.63, 3.8) is 0 Å². The Bertz CT molecular complexity index is 742. The summed E-state index contributed by atoms with van der Waals surface area (Å²) in [7, 11) is 0. The fraction of sp³-hybridized carbons (Fsp3) is 0.294. The molecule has 0 radical (unpaired) electrons. The van der Waals surface area contributed by atoms with Gasteiger partial charge in [0.25, 0.3) is 0 Å². The summed E-state index contributed by atoms with van der Waals surface area (Å²) in [5.74, 6) is 0.433. The predicted molar refractivity (Wildman–Crippen MR) is 85.4 cm³/mol. The lowest BCUT2D eigenvalue weighted by atomic mass is 10.1. The third kappa shape index (κ3) is 4.48. The molecule has 1 amide bonds. The number of halogens is 3. The molecular formula is C17H16F3N3O2. The summed E-state index contributed by atoms with van der Waals surface area (Å²) < 4.78 is 43.0. The first kappa shape index (κ1) is 17.2. The normalized spacial score (nSPS) is 17.3. The van der Waals surface area contributed by atoms with E-state index in [2.05, 4.69) is 15.6 Å². The number of rotatable bonds is 4. The van der Waals surface area contributed by atoms with Crippen molar-refractivity contribution in [2.75, 3.05) is 18.4 Å². The first-order valence-corrected chi connectivity index (χ1v) is 7.74. The number of alkyl halides is 3. The summed E-state index contributed by atoms with van der Waals surface area (Å²) in [4.78, 5) is 15.4. The van der Waals surface area contributed by atoms with Crippen molar-refractivity contribution in [1.82, 2.24) is 10.3 Å². The Labute approximate surface area is 142 Å². The highest BCUT2D eigenvalue weighted by molar-refractivity contribution is 5.93. The van der Waals surface area contributed by atoms with Gasteiger partial charge < -0.3 is 15.4 Å². The molecule has 1 aromatic heterocycles. The number of ether oxygens (including phenoxy) is 1. The zero-order valence-electron chi connectivity index (χ0n) is 13.1. The van der Waals surface area contributed by atoms with Crippen molar-refractivity contribution in [1.29, 1.82) is 0 Å². The van der Waals surface area contributed by atoms with Crippen LogP contribution in [0.3, 0.4) is 0 Å². The van der Waals surface area contributed by atoms with Crippen LogP contribution in [0.5, 0.6) is 11.5 Å². The summed E-state index contributed by atoms with van der Waals surface area (Å²) in [5, 5.41) is 5.94. The van der Waals surface area contributed by atoms with Crippen molar-refractivity contribution >= 4 is 11.6 Å². The van der Waals surface area contributed by atoms with E-state index in [1.807, 2.05) is 0 Å². The smallest absolute Gasteiger partial charge is 0.433 e. The highest BCUT2D eigenvalue weighted by Crippen LogP contribution is 2.30. The standard InChI is InChI=1S/C17H16F3N3O2/c18-17(19,20)15-5-4-14(10-22-15)25-13-3-1-2-12(8-13)23-16(24)11-6-7-21-9-11/h1-5,8,10-11,21H,6-7,9H2,(H,23,24). The van der Waals surface area contributed by atoms with E-state index in [4.69, 9.17) is 4.74 Å². The number of nitrogens with one attached hydrogen (secondary N) is 2. The second-order valence-electron chi connectivity index (χ2n) is 5.69. The topological polar surface area (TPSA) is 63.2 Å². The fourth-order valence-electron chi connectivity index (χ4n) is 2.50. The minimum Gasteiger partial charge on any atom is -0.456 e. The van der Waals surface area contributed by atoms with Gasteiger partial charge in [-0.3, -0.25) is 4.79 Å². The second-order valence-corrected chi connectivity index (χ2v) is 5.69. The Morgan fingerprint density at radius 1 is 1.24 bits per heavy atom. The van der Waals surface area contributed by atoms with Crippen LogP contribution in [-0.2, 0) is 11.0 Å². The average molecular weight is 351 g/mol. The molecule has 3 rings (SSSR count). The number of aromatic nitrogens is 1. The number of carbonyl (C=O) groups is 1. The van der Waals surface area contributed by atoms with Crippen LogP contribution in [0.4, 0.5) is 18.9 Å². The number of hydrogen-bond donors (Lipinski definition) is 2. The van der Waals surface area contributed by atoms with Crippen LogP contribution >= 0.6 is 0 Å². The maximum Gasteiger partial charge on any atom is 0.433 e. The quantitative estimate of drug-likeness (QED) is 0.886. The van der Waals surface area contributed by atoms with Gasteiger partial charge in [-0.2, -0.15) is 13.2 Å². The van der Waals surface area contributed by atoms with Crippen molar-refractivity contribution in [3.05, 3.63) is 48.3 Å². The van der Waals surface area contributed by atoms with E-state index in [1.165, 1.54) is 6.07 Å². The molecule has 5 nitrogen and oxygen atoms in total. The summed E-state index contributed by atoms with van der Waals surface area (Å²) in [5.41, 5.74) is -0.416. The second kappa shape index (κ2) is 7.10. The summed E-state index contributed by atoms with van der Waals surface area (Å²) in [6.07, 6.45) is -2.69.